The van der Waals surface area contributed by atoms with Crippen LogP contribution in [0.15, 0.2) is 0 Å². The average Bonchev–Trinajstić information content (AvgIpc) is 2.70. The Morgan fingerprint density at radius 2 is 1.88 bits per heavy atom. The van der Waals surface area contributed by atoms with Crippen molar-refractivity contribution in [1.82, 2.24) is 4.90 Å². The third-order valence-electron chi connectivity index (χ3n) is 3.35. The lowest BCUT2D eigenvalue weighted by Crippen LogP contribution is -2.40. The second kappa shape index (κ2) is 8.03. The van der Waals surface area contributed by atoms with E-state index in [1.807, 2.05) is 0 Å². The number of rotatable bonds is 9. The Balaban J connectivity index is 1.99. The van der Waals surface area contributed by atoms with Gasteiger partial charge in [0.1, 0.15) is 0 Å². The minimum absolute atomic E-state index is 0.440. The van der Waals surface area contributed by atoms with Crippen LogP contribution in [0.1, 0.15) is 32.1 Å². The maximum absolute atomic E-state index is 10.2. The van der Waals surface area contributed by atoms with Crippen LogP contribution in [0, 0.1) is 0 Å². The first-order valence-corrected chi connectivity index (χ1v) is 6.64. The lowest BCUT2D eigenvalue weighted by atomic mass is 10.0. The minimum atomic E-state index is -0.440. The second-order valence-corrected chi connectivity index (χ2v) is 5.13. The Morgan fingerprint density at radius 1 is 1.18 bits per heavy atom. The highest BCUT2D eigenvalue weighted by molar-refractivity contribution is 4.86. The van der Waals surface area contributed by atoms with Crippen molar-refractivity contribution in [3.8, 4) is 0 Å². The van der Waals surface area contributed by atoms with E-state index >= 15 is 0 Å². The summed E-state index contributed by atoms with van der Waals surface area (Å²) in [5.41, 5.74) is -0.440. The number of hydrogen-bond donors (Lipinski definition) is 1. The van der Waals surface area contributed by atoms with Crippen molar-refractivity contribution in [2.75, 3.05) is 47.1 Å². The fourth-order valence-electron chi connectivity index (χ4n) is 2.40. The van der Waals surface area contributed by atoms with Crippen LogP contribution in [-0.2, 0) is 9.47 Å². The summed E-state index contributed by atoms with van der Waals surface area (Å²) in [6, 6.07) is 0. The molecular weight excluding hydrogens is 218 g/mol. The maximum Gasteiger partial charge on any atom is 0.0774 e. The van der Waals surface area contributed by atoms with Crippen LogP contribution in [-0.4, -0.2) is 62.7 Å². The fraction of sp³-hybridized carbons (Fsp3) is 1.00. The zero-order chi connectivity index (χ0) is 12.6. The molecule has 0 bridgehead atoms. The Kier molecular flexibility index (Phi) is 7.04. The van der Waals surface area contributed by atoms with E-state index in [1.54, 1.807) is 7.11 Å². The molecule has 4 heteroatoms. The van der Waals surface area contributed by atoms with Gasteiger partial charge in [-0.1, -0.05) is 12.8 Å². The normalized spacial score (nSPS) is 19.1. The minimum Gasteiger partial charge on any atom is -0.389 e. The number of ether oxygens (including phenoxy) is 2. The lowest BCUT2D eigenvalue weighted by Gasteiger charge is -2.28. The van der Waals surface area contributed by atoms with Crippen LogP contribution in [0.5, 0.6) is 0 Å². The predicted octanol–water partition coefficient (Wildman–Crippen LogP) is 1.28. The lowest BCUT2D eigenvalue weighted by molar-refractivity contribution is 0.00750. The van der Waals surface area contributed by atoms with Gasteiger partial charge in [-0.15, -0.1) is 0 Å². The van der Waals surface area contributed by atoms with E-state index in [2.05, 4.69) is 11.9 Å². The summed E-state index contributed by atoms with van der Waals surface area (Å²) < 4.78 is 10.4. The summed E-state index contributed by atoms with van der Waals surface area (Å²) in [4.78, 5) is 2.17. The summed E-state index contributed by atoms with van der Waals surface area (Å²) in [7, 11) is 3.75. The fourth-order valence-corrected chi connectivity index (χ4v) is 2.40. The van der Waals surface area contributed by atoms with E-state index in [4.69, 9.17) is 9.47 Å². The predicted molar refractivity (Wildman–Crippen MR) is 68.2 cm³/mol. The molecule has 0 atom stereocenters. The molecule has 0 radical (unpaired) electrons. The number of aliphatic hydroxyl groups is 1. The van der Waals surface area contributed by atoms with E-state index in [0.29, 0.717) is 0 Å². The largest absolute Gasteiger partial charge is 0.389 e. The highest BCUT2D eigenvalue weighted by Gasteiger charge is 2.31. The molecule has 17 heavy (non-hydrogen) atoms. The van der Waals surface area contributed by atoms with Gasteiger partial charge in [0.2, 0.25) is 0 Å². The van der Waals surface area contributed by atoms with Crippen LogP contribution in [0.3, 0.4) is 0 Å². The van der Waals surface area contributed by atoms with E-state index in [-0.39, 0.29) is 0 Å². The summed E-state index contributed by atoms with van der Waals surface area (Å²) in [6.45, 7) is 3.90. The number of nitrogens with zero attached hydrogens (tertiary/aromatic N) is 1. The molecule has 0 saturated heterocycles. The SMILES string of the molecule is COCCCOCCN(C)CC1(O)CCCC1. The van der Waals surface area contributed by atoms with Gasteiger partial charge in [-0.25, -0.2) is 0 Å². The molecule has 1 aliphatic carbocycles. The molecule has 1 saturated carbocycles. The summed E-state index contributed by atoms with van der Waals surface area (Å²) in [5.74, 6) is 0. The summed E-state index contributed by atoms with van der Waals surface area (Å²) in [6.07, 6.45) is 5.18. The average molecular weight is 245 g/mol. The van der Waals surface area contributed by atoms with Crippen molar-refractivity contribution in [1.29, 1.82) is 0 Å². The van der Waals surface area contributed by atoms with Crippen LogP contribution in [0.25, 0.3) is 0 Å². The van der Waals surface area contributed by atoms with E-state index < -0.39 is 5.60 Å². The molecule has 0 aromatic carbocycles. The Morgan fingerprint density at radius 3 is 2.53 bits per heavy atom. The molecule has 1 N–H and O–H groups in total. The van der Waals surface area contributed by atoms with Gasteiger partial charge in [-0.2, -0.15) is 0 Å². The third-order valence-corrected chi connectivity index (χ3v) is 3.35. The molecule has 0 heterocycles. The molecule has 4 nitrogen and oxygen atoms in total. The molecule has 1 rings (SSSR count). The summed E-state index contributed by atoms with van der Waals surface area (Å²) >= 11 is 0. The van der Waals surface area contributed by atoms with Gasteiger partial charge < -0.3 is 19.5 Å². The van der Waals surface area contributed by atoms with Gasteiger partial charge in [0.15, 0.2) is 0 Å². The molecule has 0 unspecified atom stereocenters. The molecule has 0 aromatic rings. The molecule has 1 aliphatic rings. The van der Waals surface area contributed by atoms with Crippen LogP contribution >= 0.6 is 0 Å². The number of hydrogen-bond acceptors (Lipinski definition) is 4. The number of likely N-dealkylation sites (N-methyl/N-ethyl adjacent to an activating group) is 1. The Hall–Kier alpha value is -0.160. The van der Waals surface area contributed by atoms with Crippen LogP contribution < -0.4 is 0 Å². The Labute approximate surface area is 105 Å². The first kappa shape index (κ1) is 14.9. The first-order chi connectivity index (χ1) is 8.16. The second-order valence-electron chi connectivity index (χ2n) is 5.13. The molecule has 0 amide bonds. The molecule has 1 fully saturated rings. The number of methoxy groups -OCH3 is 1. The van der Waals surface area contributed by atoms with E-state index in [0.717, 1.165) is 65.0 Å². The Bertz CT molecular complexity index is 193. The van der Waals surface area contributed by atoms with Gasteiger partial charge in [0, 0.05) is 33.4 Å². The van der Waals surface area contributed by atoms with E-state index in [9.17, 15) is 5.11 Å². The molecule has 0 aromatic heterocycles. The van der Waals surface area contributed by atoms with E-state index in [1.165, 1.54) is 0 Å². The monoisotopic (exact) mass is 245 g/mol. The van der Waals surface area contributed by atoms with Gasteiger partial charge >= 0.3 is 0 Å². The zero-order valence-electron chi connectivity index (χ0n) is 11.3. The third kappa shape index (κ3) is 6.36. The highest BCUT2D eigenvalue weighted by Crippen LogP contribution is 2.29. The van der Waals surface area contributed by atoms with Crippen molar-refractivity contribution < 1.29 is 14.6 Å². The molecule has 0 aliphatic heterocycles. The molecular formula is C13H27NO3. The topological polar surface area (TPSA) is 41.9 Å². The van der Waals surface area contributed by atoms with Gasteiger partial charge in [-0.05, 0) is 26.3 Å². The van der Waals surface area contributed by atoms with Crippen molar-refractivity contribution in [2.24, 2.45) is 0 Å². The van der Waals surface area contributed by atoms with Gasteiger partial charge in [0.25, 0.3) is 0 Å². The maximum atomic E-state index is 10.2. The van der Waals surface area contributed by atoms with Crippen molar-refractivity contribution >= 4 is 0 Å². The first-order valence-electron chi connectivity index (χ1n) is 6.64. The van der Waals surface area contributed by atoms with Crippen molar-refractivity contribution in [3.63, 3.8) is 0 Å². The van der Waals surface area contributed by atoms with Gasteiger partial charge in [0.05, 0.1) is 12.2 Å². The smallest absolute Gasteiger partial charge is 0.0774 e. The summed E-state index contributed by atoms with van der Waals surface area (Å²) in [5, 5.41) is 10.2. The van der Waals surface area contributed by atoms with Crippen molar-refractivity contribution in [3.05, 3.63) is 0 Å². The molecule has 0 spiro atoms. The standard InChI is InChI=1S/C13H27NO3/c1-14(8-11-17-10-5-9-16-2)12-13(15)6-3-4-7-13/h15H,3-12H2,1-2H3. The van der Waals surface area contributed by atoms with Crippen molar-refractivity contribution in [2.45, 2.75) is 37.7 Å². The van der Waals surface area contributed by atoms with Crippen LogP contribution in [0.4, 0.5) is 0 Å². The molecule has 102 valence electrons. The highest BCUT2D eigenvalue weighted by atomic mass is 16.5. The quantitative estimate of drug-likeness (QED) is 0.621. The van der Waals surface area contributed by atoms with Crippen LogP contribution in [0.2, 0.25) is 0 Å². The zero-order valence-corrected chi connectivity index (χ0v) is 11.3. The van der Waals surface area contributed by atoms with Gasteiger partial charge in [-0.3, -0.25) is 0 Å².